The minimum atomic E-state index is -0.175. The van der Waals surface area contributed by atoms with E-state index >= 15 is 0 Å². The van der Waals surface area contributed by atoms with Crippen LogP contribution >= 0.6 is 0 Å². The maximum atomic E-state index is 10.3. The molecule has 0 fully saturated rings. The van der Waals surface area contributed by atoms with Gasteiger partial charge in [0.05, 0.1) is 40.0 Å². The van der Waals surface area contributed by atoms with Crippen molar-refractivity contribution in [3.63, 3.8) is 0 Å². The Morgan fingerprint density at radius 2 is 1.14 bits per heavy atom. The third-order valence-electron chi connectivity index (χ3n) is 9.85. The van der Waals surface area contributed by atoms with Crippen LogP contribution in [-0.4, -0.2) is 4.57 Å². The minimum Gasteiger partial charge on any atom is -0.456 e. The molecular weight excluding hydrogens is 538 g/mol. The van der Waals surface area contributed by atoms with Gasteiger partial charge in [0.1, 0.15) is 11.2 Å². The highest BCUT2D eigenvalue weighted by Crippen LogP contribution is 2.59. The normalized spacial score (nSPS) is 16.1. The molecule has 4 nitrogen and oxygen atoms in total. The highest BCUT2D eigenvalue weighted by molar-refractivity contribution is 6.17. The second kappa shape index (κ2) is 8.26. The van der Waals surface area contributed by atoms with Crippen molar-refractivity contribution < 1.29 is 4.42 Å². The van der Waals surface area contributed by atoms with Gasteiger partial charge in [-0.3, -0.25) is 0 Å². The largest absolute Gasteiger partial charge is 0.456 e. The molecule has 0 N–H and O–H groups in total. The van der Waals surface area contributed by atoms with Crippen molar-refractivity contribution in [1.29, 1.82) is 10.5 Å². The standard InChI is InChI=1S/C40H21N3O/c41-20-22-8-6-13-27-36(22)38-26-12-5-9-23(21-42)37(26)40(27)39-28(38)14-7-16-32(39)43-31-15-3-1-10-24(31)29-18-30-25-11-2-4-17-34(25)44-35(30)19-33(29)43/h1-19,38,40H. The number of fused-ring (bicyclic) bond motifs is 6. The van der Waals surface area contributed by atoms with E-state index in [4.69, 9.17) is 4.42 Å². The monoisotopic (exact) mass is 559 g/mol. The van der Waals surface area contributed by atoms with Crippen molar-refractivity contribution in [3.05, 3.63) is 160 Å². The lowest BCUT2D eigenvalue weighted by atomic mass is 9.59. The second-order valence-electron chi connectivity index (χ2n) is 11.8. The Bertz CT molecular complexity index is 2660. The molecule has 2 aromatic heterocycles. The molecule has 11 rings (SSSR count). The van der Waals surface area contributed by atoms with E-state index < -0.39 is 0 Å². The molecule has 3 aliphatic rings. The summed E-state index contributed by atoms with van der Waals surface area (Å²) in [6.45, 7) is 0. The van der Waals surface area contributed by atoms with Crippen LogP contribution in [0.1, 0.15) is 56.3 Å². The van der Waals surface area contributed by atoms with Crippen LogP contribution in [0.15, 0.2) is 120 Å². The summed E-state index contributed by atoms with van der Waals surface area (Å²) in [7, 11) is 0. The molecule has 44 heavy (non-hydrogen) atoms. The maximum absolute atomic E-state index is 10.3. The highest BCUT2D eigenvalue weighted by Gasteiger charge is 2.45. The zero-order valence-corrected chi connectivity index (χ0v) is 23.4. The summed E-state index contributed by atoms with van der Waals surface area (Å²) < 4.78 is 8.75. The Balaban J connectivity index is 1.35. The van der Waals surface area contributed by atoms with E-state index in [-0.39, 0.29) is 11.8 Å². The number of aromatic nitrogens is 1. The molecule has 0 saturated carbocycles. The van der Waals surface area contributed by atoms with Gasteiger partial charge < -0.3 is 8.98 Å². The highest BCUT2D eigenvalue weighted by atomic mass is 16.3. The number of benzene rings is 6. The van der Waals surface area contributed by atoms with Crippen molar-refractivity contribution in [2.24, 2.45) is 0 Å². The zero-order chi connectivity index (χ0) is 29.1. The molecule has 0 aliphatic heterocycles. The van der Waals surface area contributed by atoms with Crippen molar-refractivity contribution >= 4 is 43.7 Å². The summed E-state index contributed by atoms with van der Waals surface area (Å²) in [5.41, 5.74) is 13.2. The molecule has 2 heterocycles. The Morgan fingerprint density at radius 3 is 1.91 bits per heavy atom. The smallest absolute Gasteiger partial charge is 0.137 e. The van der Waals surface area contributed by atoms with Gasteiger partial charge in [-0.2, -0.15) is 10.5 Å². The first-order chi connectivity index (χ1) is 21.8. The summed E-state index contributed by atoms with van der Waals surface area (Å²) in [4.78, 5) is 0. The topological polar surface area (TPSA) is 65.7 Å². The van der Waals surface area contributed by atoms with Crippen LogP contribution in [0.4, 0.5) is 0 Å². The molecule has 0 radical (unpaired) electrons. The Kier molecular flexibility index (Phi) is 4.40. The summed E-state index contributed by atoms with van der Waals surface area (Å²) >= 11 is 0. The number of nitriles is 2. The zero-order valence-electron chi connectivity index (χ0n) is 23.4. The number of hydrogen-bond acceptors (Lipinski definition) is 3. The van der Waals surface area contributed by atoms with Gasteiger partial charge in [0.25, 0.3) is 0 Å². The third-order valence-corrected chi connectivity index (χ3v) is 9.85. The van der Waals surface area contributed by atoms with Gasteiger partial charge in [-0.15, -0.1) is 0 Å². The summed E-state index contributed by atoms with van der Waals surface area (Å²) in [6, 6.07) is 44.8. The van der Waals surface area contributed by atoms with Crippen molar-refractivity contribution in [2.45, 2.75) is 11.8 Å². The first-order valence-electron chi connectivity index (χ1n) is 14.8. The van der Waals surface area contributed by atoms with Gasteiger partial charge in [-0.05, 0) is 69.8 Å². The predicted octanol–water partition coefficient (Wildman–Crippen LogP) is 9.41. The molecule has 0 saturated heterocycles. The fourth-order valence-electron chi connectivity index (χ4n) is 8.22. The second-order valence-corrected chi connectivity index (χ2v) is 11.8. The molecule has 8 aromatic rings. The van der Waals surface area contributed by atoms with E-state index in [1.165, 1.54) is 21.9 Å². The molecular formula is C40H21N3O. The van der Waals surface area contributed by atoms with E-state index in [1.807, 2.05) is 36.4 Å². The molecule has 6 aromatic carbocycles. The first kappa shape index (κ1) is 23.5. The molecule has 2 atom stereocenters. The van der Waals surface area contributed by atoms with Gasteiger partial charge in [0.15, 0.2) is 0 Å². The van der Waals surface area contributed by atoms with Gasteiger partial charge in [-0.25, -0.2) is 0 Å². The fraction of sp³-hybridized carbons (Fsp3) is 0.0500. The quantitative estimate of drug-likeness (QED) is 0.201. The van der Waals surface area contributed by atoms with Crippen LogP contribution < -0.4 is 0 Å². The van der Waals surface area contributed by atoms with Crippen LogP contribution in [-0.2, 0) is 0 Å². The van der Waals surface area contributed by atoms with Crippen LogP contribution in [0.3, 0.4) is 0 Å². The molecule has 0 spiro atoms. The van der Waals surface area contributed by atoms with Gasteiger partial charge in [-0.1, -0.05) is 72.8 Å². The lowest BCUT2D eigenvalue weighted by Gasteiger charge is -2.44. The third kappa shape index (κ3) is 2.76. The van der Waals surface area contributed by atoms with Crippen molar-refractivity contribution in [3.8, 4) is 17.8 Å². The van der Waals surface area contributed by atoms with E-state index in [1.54, 1.807) is 0 Å². The molecule has 202 valence electrons. The Morgan fingerprint density at radius 1 is 0.500 bits per heavy atom. The van der Waals surface area contributed by atoms with Crippen LogP contribution in [0.25, 0.3) is 49.4 Å². The fourth-order valence-corrected chi connectivity index (χ4v) is 8.22. The number of furan rings is 1. The molecule has 2 unspecified atom stereocenters. The predicted molar refractivity (Wildman–Crippen MR) is 172 cm³/mol. The lowest BCUT2D eigenvalue weighted by molar-refractivity contribution is 0.669. The summed E-state index contributed by atoms with van der Waals surface area (Å²) in [5.74, 6) is -0.300. The van der Waals surface area contributed by atoms with Gasteiger partial charge >= 0.3 is 0 Å². The lowest BCUT2D eigenvalue weighted by Crippen LogP contribution is -2.30. The van der Waals surface area contributed by atoms with Crippen LogP contribution in [0.5, 0.6) is 0 Å². The first-order valence-corrected chi connectivity index (χ1v) is 14.8. The van der Waals surface area contributed by atoms with E-state index in [0.717, 1.165) is 60.9 Å². The number of hydrogen-bond donors (Lipinski definition) is 0. The Hall–Kier alpha value is -6.10. The Labute approximate surface area is 252 Å². The van der Waals surface area contributed by atoms with Gasteiger partial charge in [0.2, 0.25) is 0 Å². The van der Waals surface area contributed by atoms with Gasteiger partial charge in [0, 0.05) is 39.4 Å². The molecule has 0 amide bonds. The van der Waals surface area contributed by atoms with Crippen LogP contribution in [0, 0.1) is 22.7 Å². The summed E-state index contributed by atoms with van der Waals surface area (Å²) in [6.07, 6.45) is 0. The van der Waals surface area contributed by atoms with E-state index in [2.05, 4.69) is 95.6 Å². The average molecular weight is 560 g/mol. The average Bonchev–Trinajstić information content (AvgIpc) is 3.60. The molecule has 2 bridgehead atoms. The number of rotatable bonds is 1. The molecule has 4 heteroatoms. The van der Waals surface area contributed by atoms with Crippen molar-refractivity contribution in [1.82, 2.24) is 4.57 Å². The van der Waals surface area contributed by atoms with Crippen LogP contribution in [0.2, 0.25) is 0 Å². The maximum Gasteiger partial charge on any atom is 0.137 e. The van der Waals surface area contributed by atoms with E-state index in [0.29, 0.717) is 11.1 Å². The summed E-state index contributed by atoms with van der Waals surface area (Å²) in [5, 5.41) is 25.0. The van der Waals surface area contributed by atoms with E-state index in [9.17, 15) is 10.5 Å². The van der Waals surface area contributed by atoms with Crippen molar-refractivity contribution in [2.75, 3.05) is 0 Å². The minimum absolute atomic E-state index is 0.126. The molecule has 3 aliphatic carbocycles. The number of para-hydroxylation sites is 2. The SMILES string of the molecule is N#Cc1cccc2c1C1c3cccc(C#N)c3C2c2c1cccc2-n1c2ccccc2c2cc3c(cc21)oc1ccccc13. The number of nitrogens with zero attached hydrogens (tertiary/aromatic N) is 3.